The number of carbonyl (C=O) groups is 5. The van der Waals surface area contributed by atoms with Crippen LogP contribution in [0.1, 0.15) is 71.3 Å². The molecule has 1 aromatic rings. The van der Waals surface area contributed by atoms with E-state index in [4.69, 9.17) is 28.9 Å². The number of primary amides is 1. The third-order valence-electron chi connectivity index (χ3n) is 10.2. The van der Waals surface area contributed by atoms with Gasteiger partial charge in [0.25, 0.3) is 0 Å². The van der Waals surface area contributed by atoms with E-state index in [0.29, 0.717) is 43.5 Å². The summed E-state index contributed by atoms with van der Waals surface area (Å²) in [5.41, 5.74) is 4.92. The average Bonchev–Trinajstić information content (AvgIpc) is 3.52. The third-order valence-corrected chi connectivity index (χ3v) is 11.1. The maximum absolute atomic E-state index is 13.7. The van der Waals surface area contributed by atoms with Gasteiger partial charge in [0.2, 0.25) is 23.6 Å². The van der Waals surface area contributed by atoms with Crippen LogP contribution in [0.2, 0.25) is 0 Å². The number of anilines is 1. The van der Waals surface area contributed by atoms with E-state index >= 15 is 0 Å². The molecule has 0 bridgehead atoms. The molecule has 236 valence electrons. The molecule has 1 aromatic carbocycles. The molecule has 4 rings (SSSR count). The number of likely N-dealkylation sites (tertiary alicyclic amines) is 1. The average molecular weight is 644 g/mol. The van der Waals surface area contributed by atoms with Crippen LogP contribution in [-0.4, -0.2) is 63.9 Å². The van der Waals surface area contributed by atoms with Crippen LogP contribution in [0.4, 0.5) is 5.69 Å². The van der Waals surface area contributed by atoms with Gasteiger partial charge in [-0.3, -0.25) is 19.2 Å². The predicted molar refractivity (Wildman–Crippen MR) is 161 cm³/mol. The van der Waals surface area contributed by atoms with Crippen LogP contribution in [0, 0.1) is 22.7 Å². The molecule has 2 aliphatic carbocycles. The molecule has 44 heavy (non-hydrogen) atoms. The standard InChI is InChI=1S/C31H42Cl2N4O6.Li/c1-30(2)19(13-14-31(30,3)29(43)37-15-5-8-23(37)25(34)38)26(39)36-22(28(41)42)16-17-9-11-18(12-10-17)35-27(40)24-20(32)6-4-7-21(24)33;/h9-12,19-24H,4-8,13-16H2,1-3H3,(H2,34,38)(H,35,40)(H,36,39)(H,41,42);/q;+1/p-1/t19-,20?,21?,22+,23-,24?,31+;/m1./s1. The van der Waals surface area contributed by atoms with Crippen LogP contribution in [0.25, 0.3) is 0 Å². The van der Waals surface area contributed by atoms with E-state index in [-0.39, 0.29) is 47.8 Å². The van der Waals surface area contributed by atoms with Gasteiger partial charge in [0, 0.05) is 28.9 Å². The van der Waals surface area contributed by atoms with Crippen molar-refractivity contribution in [3.8, 4) is 0 Å². The Labute approximate surface area is 280 Å². The number of nitrogens with two attached hydrogens (primary N) is 1. The molecule has 3 aliphatic rings. The Hall–Kier alpha value is -2.25. The number of carboxylic acid groups (broad SMARTS) is 1. The van der Waals surface area contributed by atoms with Gasteiger partial charge < -0.3 is 31.2 Å². The van der Waals surface area contributed by atoms with Crippen molar-refractivity contribution in [2.75, 3.05) is 11.9 Å². The molecule has 0 spiro atoms. The predicted octanol–water partition coefficient (Wildman–Crippen LogP) is -0.660. The second-order valence-electron chi connectivity index (χ2n) is 13.0. The Balaban J connectivity index is 0.00000529. The number of aliphatic carboxylic acids is 1. The van der Waals surface area contributed by atoms with Crippen molar-refractivity contribution >= 4 is 58.5 Å². The van der Waals surface area contributed by atoms with Crippen molar-refractivity contribution in [2.45, 2.75) is 95.0 Å². The Kier molecular flexibility index (Phi) is 11.9. The number of carbonyl (C=O) groups excluding carboxylic acids is 5. The molecular weight excluding hydrogens is 602 g/mol. The van der Waals surface area contributed by atoms with Gasteiger partial charge in [0.15, 0.2) is 0 Å². The maximum Gasteiger partial charge on any atom is 1.00 e. The molecule has 0 radical (unpaired) electrons. The Morgan fingerprint density at radius 1 is 0.977 bits per heavy atom. The summed E-state index contributed by atoms with van der Waals surface area (Å²) in [6.45, 7) is 5.92. The number of halogens is 2. The van der Waals surface area contributed by atoms with Gasteiger partial charge in [0.05, 0.1) is 23.3 Å². The van der Waals surface area contributed by atoms with E-state index in [2.05, 4.69) is 10.6 Å². The fourth-order valence-electron chi connectivity index (χ4n) is 7.04. The van der Waals surface area contributed by atoms with E-state index in [1.807, 2.05) is 20.8 Å². The maximum atomic E-state index is 13.7. The van der Waals surface area contributed by atoms with Crippen molar-refractivity contribution in [1.29, 1.82) is 0 Å². The SMILES string of the molecule is CC1(C)[C@@H](C(=O)N[C@@H](Cc2ccc(NC(=O)C3C(Cl)CCCC3Cl)cc2)C(=O)[O-])CC[C@@]1(C)C(=O)N1CCC[C@@H]1C(N)=O.[Li+]. The zero-order chi connectivity index (χ0) is 31.7. The minimum absolute atomic E-state index is 0. The Bertz CT molecular complexity index is 1250. The van der Waals surface area contributed by atoms with Gasteiger partial charge >= 0.3 is 18.9 Å². The van der Waals surface area contributed by atoms with Gasteiger partial charge in [-0.15, -0.1) is 23.2 Å². The van der Waals surface area contributed by atoms with Crippen LogP contribution in [0.5, 0.6) is 0 Å². The topological polar surface area (TPSA) is 162 Å². The molecule has 0 aromatic heterocycles. The summed E-state index contributed by atoms with van der Waals surface area (Å²) in [5, 5.41) is 16.9. The first-order valence-corrected chi connectivity index (χ1v) is 15.8. The molecule has 6 atom stereocenters. The number of alkyl halides is 2. The number of carboxylic acids is 1. The summed E-state index contributed by atoms with van der Waals surface area (Å²) < 4.78 is 0. The van der Waals surface area contributed by atoms with E-state index in [1.165, 1.54) is 4.90 Å². The zero-order valence-corrected chi connectivity index (χ0v) is 27.4. The molecule has 1 heterocycles. The van der Waals surface area contributed by atoms with Crippen molar-refractivity contribution in [3.05, 3.63) is 29.8 Å². The quantitative estimate of drug-likeness (QED) is 0.239. The number of rotatable bonds is 9. The number of hydrogen-bond acceptors (Lipinski definition) is 6. The molecule has 13 heteroatoms. The third kappa shape index (κ3) is 7.25. The number of nitrogens with one attached hydrogen (secondary N) is 2. The summed E-state index contributed by atoms with van der Waals surface area (Å²) in [6.07, 6.45) is 4.29. The van der Waals surface area contributed by atoms with Crippen LogP contribution in [0.15, 0.2) is 24.3 Å². The normalized spacial score (nSPS) is 30.1. The van der Waals surface area contributed by atoms with Gasteiger partial charge in [-0.25, -0.2) is 0 Å². The molecule has 1 saturated heterocycles. The van der Waals surface area contributed by atoms with Crippen molar-refractivity contribution in [3.63, 3.8) is 0 Å². The van der Waals surface area contributed by atoms with Gasteiger partial charge in [-0.05, 0) is 68.1 Å². The number of benzene rings is 1. The second-order valence-corrected chi connectivity index (χ2v) is 14.1. The fourth-order valence-corrected chi connectivity index (χ4v) is 8.00. The summed E-state index contributed by atoms with van der Waals surface area (Å²) in [6, 6.07) is 4.71. The molecule has 1 aliphatic heterocycles. The van der Waals surface area contributed by atoms with Gasteiger partial charge in [0.1, 0.15) is 6.04 Å². The fraction of sp³-hybridized carbons (Fsp3) is 0.645. The molecule has 4 amide bonds. The molecule has 10 nitrogen and oxygen atoms in total. The number of amides is 4. The Morgan fingerprint density at radius 2 is 1.59 bits per heavy atom. The minimum atomic E-state index is -1.43. The molecule has 3 fully saturated rings. The largest absolute Gasteiger partial charge is 1.00 e. The molecule has 2 unspecified atom stereocenters. The number of hydrogen-bond donors (Lipinski definition) is 3. The zero-order valence-electron chi connectivity index (χ0n) is 25.9. The monoisotopic (exact) mass is 642 g/mol. The van der Waals surface area contributed by atoms with Crippen molar-refractivity contribution in [2.24, 2.45) is 28.4 Å². The minimum Gasteiger partial charge on any atom is -0.548 e. The summed E-state index contributed by atoms with van der Waals surface area (Å²) in [5.74, 6) is -4.04. The van der Waals surface area contributed by atoms with E-state index < -0.39 is 52.5 Å². The van der Waals surface area contributed by atoms with Crippen molar-refractivity contribution in [1.82, 2.24) is 10.2 Å². The first-order chi connectivity index (χ1) is 20.2. The van der Waals surface area contributed by atoms with Gasteiger partial charge in [-0.2, -0.15) is 0 Å². The second kappa shape index (κ2) is 14.4. The Morgan fingerprint density at radius 3 is 2.16 bits per heavy atom. The summed E-state index contributed by atoms with van der Waals surface area (Å²) >= 11 is 12.7. The molecule has 4 N–H and O–H groups in total. The molecular formula is C31H41Cl2LiN4O6. The van der Waals surface area contributed by atoms with Gasteiger partial charge in [-0.1, -0.05) is 39.3 Å². The summed E-state index contributed by atoms with van der Waals surface area (Å²) in [4.78, 5) is 65.5. The molecule has 2 saturated carbocycles. The van der Waals surface area contributed by atoms with Crippen molar-refractivity contribution < 1.29 is 47.9 Å². The van der Waals surface area contributed by atoms with Crippen LogP contribution >= 0.6 is 23.2 Å². The van der Waals surface area contributed by atoms with E-state index in [1.54, 1.807) is 24.3 Å². The van der Waals surface area contributed by atoms with Crippen LogP contribution in [-0.2, 0) is 30.4 Å². The van der Waals surface area contributed by atoms with Crippen LogP contribution in [0.3, 0.4) is 0 Å². The van der Waals surface area contributed by atoms with E-state index in [0.717, 1.165) is 19.3 Å². The first-order valence-electron chi connectivity index (χ1n) is 15.0. The first kappa shape index (κ1) is 36.2. The number of nitrogens with zero attached hydrogens (tertiary/aromatic N) is 1. The van der Waals surface area contributed by atoms with E-state index in [9.17, 15) is 29.1 Å². The summed E-state index contributed by atoms with van der Waals surface area (Å²) in [7, 11) is 0. The smallest absolute Gasteiger partial charge is 0.548 e. The van der Waals surface area contributed by atoms with Crippen LogP contribution < -0.4 is 40.3 Å².